The fourth-order valence-electron chi connectivity index (χ4n) is 2.46. The number of nitrogens with zero attached hydrogens (tertiary/aromatic N) is 1. The highest BCUT2D eigenvalue weighted by Gasteiger charge is 2.31. The Labute approximate surface area is 130 Å². The first kappa shape index (κ1) is 16.3. The molecule has 0 radical (unpaired) electrons. The van der Waals surface area contributed by atoms with Gasteiger partial charge in [0.25, 0.3) is 0 Å². The van der Waals surface area contributed by atoms with Crippen molar-refractivity contribution in [2.24, 2.45) is 11.7 Å². The standard InChI is InChI=1S/C14H19FN2O2S2/c1-2-17(9-10-5-3-6-10)21(18,19)12-8-4-7-11(15)13(12)14(16)20/h4,7-8,10H,2-3,5-6,9H2,1H3,(H2,16,20). The SMILES string of the molecule is CCN(CC1CCC1)S(=O)(=O)c1cccc(F)c1C(N)=S. The van der Waals surface area contributed by atoms with Gasteiger partial charge in [0.2, 0.25) is 10.0 Å². The number of halogens is 1. The molecular weight excluding hydrogens is 311 g/mol. The predicted octanol–water partition coefficient (Wildman–Crippen LogP) is 2.27. The van der Waals surface area contributed by atoms with Gasteiger partial charge in [0, 0.05) is 13.1 Å². The van der Waals surface area contributed by atoms with Crippen LogP contribution < -0.4 is 5.73 Å². The molecule has 0 aromatic heterocycles. The molecule has 1 saturated carbocycles. The topological polar surface area (TPSA) is 63.4 Å². The van der Waals surface area contributed by atoms with Crippen molar-refractivity contribution in [2.45, 2.75) is 31.1 Å². The molecule has 21 heavy (non-hydrogen) atoms. The van der Waals surface area contributed by atoms with E-state index < -0.39 is 15.8 Å². The number of hydrogen-bond donors (Lipinski definition) is 1. The van der Waals surface area contributed by atoms with Crippen molar-refractivity contribution in [3.05, 3.63) is 29.6 Å². The Morgan fingerprint density at radius 3 is 2.62 bits per heavy atom. The zero-order valence-corrected chi connectivity index (χ0v) is 13.5. The maximum atomic E-state index is 13.9. The lowest BCUT2D eigenvalue weighted by atomic mass is 9.85. The Kier molecular flexibility index (Phi) is 4.95. The Hall–Kier alpha value is -1.05. The quantitative estimate of drug-likeness (QED) is 0.813. The van der Waals surface area contributed by atoms with Crippen molar-refractivity contribution in [3.63, 3.8) is 0 Å². The summed E-state index contributed by atoms with van der Waals surface area (Å²) >= 11 is 4.81. The Morgan fingerprint density at radius 1 is 1.48 bits per heavy atom. The highest BCUT2D eigenvalue weighted by atomic mass is 32.2. The average molecular weight is 330 g/mol. The van der Waals surface area contributed by atoms with Crippen LogP contribution in [0.3, 0.4) is 0 Å². The molecule has 0 unspecified atom stereocenters. The first-order valence-corrected chi connectivity index (χ1v) is 8.81. The number of thiocarbonyl (C=S) groups is 1. The van der Waals surface area contributed by atoms with Gasteiger partial charge in [-0.1, -0.05) is 31.6 Å². The Bertz CT molecular complexity index is 642. The molecule has 1 aliphatic carbocycles. The van der Waals surface area contributed by atoms with Gasteiger partial charge in [-0.3, -0.25) is 0 Å². The fourth-order valence-corrected chi connectivity index (χ4v) is 4.47. The van der Waals surface area contributed by atoms with Gasteiger partial charge in [-0.15, -0.1) is 0 Å². The Balaban J connectivity index is 2.42. The maximum Gasteiger partial charge on any atom is 0.243 e. The average Bonchev–Trinajstić information content (AvgIpc) is 2.36. The lowest BCUT2D eigenvalue weighted by Crippen LogP contribution is -2.38. The summed E-state index contributed by atoms with van der Waals surface area (Å²) in [5.74, 6) is -0.315. The predicted molar refractivity (Wildman–Crippen MR) is 84.1 cm³/mol. The zero-order valence-electron chi connectivity index (χ0n) is 11.9. The maximum absolute atomic E-state index is 13.9. The molecule has 2 rings (SSSR count). The van der Waals surface area contributed by atoms with Crippen LogP contribution in [0, 0.1) is 11.7 Å². The number of sulfonamides is 1. The largest absolute Gasteiger partial charge is 0.389 e. The second-order valence-corrected chi connectivity index (χ2v) is 7.58. The minimum atomic E-state index is -3.79. The normalized spacial score (nSPS) is 16.0. The lowest BCUT2D eigenvalue weighted by Gasteiger charge is -2.31. The van der Waals surface area contributed by atoms with E-state index in [9.17, 15) is 12.8 Å². The van der Waals surface area contributed by atoms with E-state index in [1.165, 1.54) is 16.4 Å². The highest BCUT2D eigenvalue weighted by molar-refractivity contribution is 7.89. The number of hydrogen-bond acceptors (Lipinski definition) is 3. The van der Waals surface area contributed by atoms with Crippen LogP contribution in [0.1, 0.15) is 31.7 Å². The first-order chi connectivity index (χ1) is 9.87. The van der Waals surface area contributed by atoms with E-state index in [4.69, 9.17) is 18.0 Å². The molecule has 0 aliphatic heterocycles. The molecule has 0 saturated heterocycles. The number of nitrogens with two attached hydrogens (primary N) is 1. The summed E-state index contributed by atoms with van der Waals surface area (Å²) in [6, 6.07) is 3.88. The van der Waals surface area contributed by atoms with Crippen LogP contribution in [0.15, 0.2) is 23.1 Å². The molecule has 1 aliphatic rings. The molecule has 0 heterocycles. The minimum absolute atomic E-state index is 0.142. The summed E-state index contributed by atoms with van der Waals surface area (Å²) in [6.45, 7) is 2.58. The minimum Gasteiger partial charge on any atom is -0.389 e. The first-order valence-electron chi connectivity index (χ1n) is 6.96. The van der Waals surface area contributed by atoms with Crippen LogP contribution in [0.5, 0.6) is 0 Å². The van der Waals surface area contributed by atoms with Gasteiger partial charge in [-0.25, -0.2) is 12.8 Å². The molecule has 1 fully saturated rings. The van der Waals surface area contributed by atoms with E-state index in [0.29, 0.717) is 19.0 Å². The summed E-state index contributed by atoms with van der Waals surface area (Å²) in [7, 11) is -3.79. The summed E-state index contributed by atoms with van der Waals surface area (Å²) in [4.78, 5) is -0.387. The van der Waals surface area contributed by atoms with Crippen molar-refractivity contribution in [3.8, 4) is 0 Å². The van der Waals surface area contributed by atoms with E-state index in [0.717, 1.165) is 25.3 Å². The third-order valence-corrected chi connectivity index (χ3v) is 6.07. The molecule has 0 amide bonds. The van der Waals surface area contributed by atoms with Gasteiger partial charge in [0.15, 0.2) is 0 Å². The van der Waals surface area contributed by atoms with Gasteiger partial charge in [0.1, 0.15) is 10.8 Å². The van der Waals surface area contributed by atoms with Gasteiger partial charge in [0.05, 0.1) is 10.5 Å². The van der Waals surface area contributed by atoms with Crippen LogP contribution in [0.25, 0.3) is 0 Å². The van der Waals surface area contributed by atoms with Crippen molar-refractivity contribution < 1.29 is 12.8 Å². The number of rotatable bonds is 6. The zero-order chi connectivity index (χ0) is 15.6. The monoisotopic (exact) mass is 330 g/mol. The number of benzene rings is 1. The summed E-state index contributed by atoms with van der Waals surface area (Å²) < 4.78 is 40.8. The van der Waals surface area contributed by atoms with Crippen molar-refractivity contribution in [2.75, 3.05) is 13.1 Å². The van der Waals surface area contributed by atoms with E-state index in [-0.39, 0.29) is 15.4 Å². The van der Waals surface area contributed by atoms with Crippen molar-refractivity contribution in [1.29, 1.82) is 0 Å². The Morgan fingerprint density at radius 2 is 2.14 bits per heavy atom. The summed E-state index contributed by atoms with van der Waals surface area (Å²) in [5.41, 5.74) is 5.31. The summed E-state index contributed by atoms with van der Waals surface area (Å²) in [6.07, 6.45) is 3.22. The van der Waals surface area contributed by atoms with Crippen LogP contribution in [0.4, 0.5) is 4.39 Å². The molecule has 0 atom stereocenters. The van der Waals surface area contributed by atoms with Gasteiger partial charge < -0.3 is 5.73 Å². The molecule has 4 nitrogen and oxygen atoms in total. The summed E-state index contributed by atoms with van der Waals surface area (Å²) in [5, 5.41) is 0. The van der Waals surface area contributed by atoms with Crippen LogP contribution in [0.2, 0.25) is 0 Å². The molecule has 0 bridgehead atoms. The smallest absolute Gasteiger partial charge is 0.243 e. The molecule has 2 N–H and O–H groups in total. The van der Waals surface area contributed by atoms with Crippen LogP contribution in [-0.4, -0.2) is 30.8 Å². The van der Waals surface area contributed by atoms with Crippen LogP contribution >= 0.6 is 12.2 Å². The molecule has 7 heteroatoms. The molecule has 1 aromatic carbocycles. The van der Waals surface area contributed by atoms with E-state index in [2.05, 4.69) is 0 Å². The van der Waals surface area contributed by atoms with Gasteiger partial charge in [-0.2, -0.15) is 4.31 Å². The van der Waals surface area contributed by atoms with E-state index in [1.54, 1.807) is 6.92 Å². The van der Waals surface area contributed by atoms with Gasteiger partial charge in [-0.05, 0) is 30.9 Å². The van der Waals surface area contributed by atoms with E-state index >= 15 is 0 Å². The van der Waals surface area contributed by atoms with Crippen LogP contribution in [-0.2, 0) is 10.0 Å². The molecule has 116 valence electrons. The van der Waals surface area contributed by atoms with Crippen molar-refractivity contribution in [1.82, 2.24) is 4.31 Å². The molecule has 0 spiro atoms. The fraction of sp³-hybridized carbons (Fsp3) is 0.500. The third-order valence-electron chi connectivity index (χ3n) is 3.88. The van der Waals surface area contributed by atoms with Crippen molar-refractivity contribution >= 4 is 27.2 Å². The lowest BCUT2D eigenvalue weighted by molar-refractivity contribution is 0.250. The van der Waals surface area contributed by atoms with Gasteiger partial charge >= 0.3 is 0 Å². The highest BCUT2D eigenvalue weighted by Crippen LogP contribution is 2.30. The molecule has 1 aromatic rings. The van der Waals surface area contributed by atoms with E-state index in [1.807, 2.05) is 0 Å². The second-order valence-electron chi connectivity index (χ2n) is 5.23. The second kappa shape index (κ2) is 6.37. The molecular formula is C14H19FN2O2S2. The third kappa shape index (κ3) is 3.25.